The van der Waals surface area contributed by atoms with Crippen LogP contribution in [0.25, 0.3) is 0 Å². The van der Waals surface area contributed by atoms with Gasteiger partial charge in [-0.1, -0.05) is 18.2 Å². The standard InChI is InChI=1S/C18H19N3O3/c1-24-14-7-4-5-12(11-14)16-18(23)20-15(17(22)21-16)9-8-13-6-2-3-10-19-13/h2-7,10-11,15-16H,8-9H2,1H3,(H,20,23)(H,21,22)/t15?,16-/m0/s1. The van der Waals surface area contributed by atoms with E-state index in [1.165, 1.54) is 0 Å². The maximum Gasteiger partial charge on any atom is 0.247 e. The SMILES string of the molecule is COc1cccc([C@@H]2NC(=O)C(CCc3ccccn3)NC2=O)c1. The first kappa shape index (κ1) is 16.0. The number of hydrogen-bond acceptors (Lipinski definition) is 4. The molecule has 0 aliphatic carbocycles. The number of carbonyl (C=O) groups excluding carboxylic acids is 2. The van der Waals surface area contributed by atoms with E-state index in [0.717, 1.165) is 5.69 Å². The van der Waals surface area contributed by atoms with Gasteiger partial charge in [0.2, 0.25) is 11.8 Å². The van der Waals surface area contributed by atoms with Gasteiger partial charge in [0.1, 0.15) is 17.8 Å². The highest BCUT2D eigenvalue weighted by atomic mass is 16.5. The van der Waals surface area contributed by atoms with Crippen LogP contribution in [0.4, 0.5) is 0 Å². The number of hydrogen-bond donors (Lipinski definition) is 2. The topological polar surface area (TPSA) is 80.3 Å². The summed E-state index contributed by atoms with van der Waals surface area (Å²) < 4.78 is 5.17. The molecule has 0 saturated carbocycles. The van der Waals surface area contributed by atoms with E-state index in [2.05, 4.69) is 15.6 Å². The first-order valence-corrected chi connectivity index (χ1v) is 7.82. The third kappa shape index (κ3) is 3.53. The summed E-state index contributed by atoms with van der Waals surface area (Å²) in [7, 11) is 1.56. The second-order valence-electron chi connectivity index (χ2n) is 5.64. The second-order valence-corrected chi connectivity index (χ2v) is 5.64. The van der Waals surface area contributed by atoms with E-state index < -0.39 is 12.1 Å². The zero-order chi connectivity index (χ0) is 16.9. The lowest BCUT2D eigenvalue weighted by Gasteiger charge is -2.30. The summed E-state index contributed by atoms with van der Waals surface area (Å²) in [5, 5.41) is 5.60. The zero-order valence-electron chi connectivity index (χ0n) is 13.4. The molecule has 3 rings (SSSR count). The largest absolute Gasteiger partial charge is 0.497 e. The number of nitrogens with zero attached hydrogens (tertiary/aromatic N) is 1. The quantitative estimate of drug-likeness (QED) is 0.870. The number of pyridine rings is 1. The molecule has 2 amide bonds. The number of benzene rings is 1. The summed E-state index contributed by atoms with van der Waals surface area (Å²) in [6.07, 6.45) is 2.86. The molecule has 1 aliphatic rings. The van der Waals surface area contributed by atoms with E-state index in [0.29, 0.717) is 24.2 Å². The van der Waals surface area contributed by atoms with Crippen molar-refractivity contribution in [2.24, 2.45) is 0 Å². The number of amides is 2. The summed E-state index contributed by atoms with van der Waals surface area (Å²) in [5.41, 5.74) is 1.60. The number of piperazine rings is 1. The molecule has 2 heterocycles. The van der Waals surface area contributed by atoms with Crippen molar-refractivity contribution in [1.29, 1.82) is 0 Å². The van der Waals surface area contributed by atoms with Crippen LogP contribution < -0.4 is 15.4 Å². The third-order valence-electron chi connectivity index (χ3n) is 4.02. The molecule has 0 spiro atoms. The maximum atomic E-state index is 12.4. The van der Waals surface area contributed by atoms with Crippen molar-refractivity contribution in [3.63, 3.8) is 0 Å². The van der Waals surface area contributed by atoms with Gasteiger partial charge in [-0.25, -0.2) is 0 Å². The van der Waals surface area contributed by atoms with Gasteiger partial charge < -0.3 is 15.4 Å². The predicted molar refractivity (Wildman–Crippen MR) is 88.4 cm³/mol. The normalized spacial score (nSPS) is 20.2. The van der Waals surface area contributed by atoms with Crippen LogP contribution in [-0.2, 0) is 16.0 Å². The van der Waals surface area contributed by atoms with Gasteiger partial charge in [-0.05, 0) is 42.7 Å². The maximum absolute atomic E-state index is 12.4. The van der Waals surface area contributed by atoms with E-state index in [-0.39, 0.29) is 11.8 Å². The van der Waals surface area contributed by atoms with E-state index >= 15 is 0 Å². The fraction of sp³-hybridized carbons (Fsp3) is 0.278. The number of nitrogens with one attached hydrogen (secondary N) is 2. The first-order valence-electron chi connectivity index (χ1n) is 7.82. The Kier molecular flexibility index (Phi) is 4.74. The number of carbonyl (C=O) groups is 2. The molecule has 1 saturated heterocycles. The first-order chi connectivity index (χ1) is 11.7. The molecule has 2 N–H and O–H groups in total. The van der Waals surface area contributed by atoms with Gasteiger partial charge in [0.25, 0.3) is 0 Å². The number of aromatic nitrogens is 1. The average molecular weight is 325 g/mol. The average Bonchev–Trinajstić information content (AvgIpc) is 2.63. The highest BCUT2D eigenvalue weighted by molar-refractivity contribution is 5.97. The Balaban J connectivity index is 1.65. The molecule has 1 fully saturated rings. The molecule has 1 aromatic heterocycles. The monoisotopic (exact) mass is 325 g/mol. The highest BCUT2D eigenvalue weighted by Gasteiger charge is 2.34. The molecule has 1 aromatic carbocycles. The van der Waals surface area contributed by atoms with Crippen LogP contribution in [0, 0.1) is 0 Å². The molecule has 6 nitrogen and oxygen atoms in total. The van der Waals surface area contributed by atoms with Crippen LogP contribution in [0.2, 0.25) is 0 Å². The lowest BCUT2D eigenvalue weighted by atomic mass is 9.99. The van der Waals surface area contributed by atoms with Crippen molar-refractivity contribution >= 4 is 11.8 Å². The molecule has 1 unspecified atom stereocenters. The molecule has 2 aromatic rings. The summed E-state index contributed by atoms with van der Waals surface area (Å²) in [6.45, 7) is 0. The Morgan fingerprint density at radius 1 is 1.08 bits per heavy atom. The Morgan fingerprint density at radius 2 is 1.96 bits per heavy atom. The van der Waals surface area contributed by atoms with Gasteiger partial charge in [-0.15, -0.1) is 0 Å². The van der Waals surface area contributed by atoms with Crippen LogP contribution >= 0.6 is 0 Å². The van der Waals surface area contributed by atoms with E-state index in [1.54, 1.807) is 37.6 Å². The van der Waals surface area contributed by atoms with Crippen LogP contribution in [-0.4, -0.2) is 29.9 Å². The highest BCUT2D eigenvalue weighted by Crippen LogP contribution is 2.22. The minimum absolute atomic E-state index is 0.182. The summed E-state index contributed by atoms with van der Waals surface area (Å²) >= 11 is 0. The lowest BCUT2D eigenvalue weighted by molar-refractivity contribution is -0.137. The summed E-state index contributed by atoms with van der Waals surface area (Å²) in [4.78, 5) is 28.9. The van der Waals surface area contributed by atoms with Crippen LogP contribution in [0.15, 0.2) is 48.7 Å². The predicted octanol–water partition coefficient (Wildman–Crippen LogP) is 1.38. The van der Waals surface area contributed by atoms with E-state index in [9.17, 15) is 9.59 Å². The van der Waals surface area contributed by atoms with Crippen molar-refractivity contribution < 1.29 is 14.3 Å². The van der Waals surface area contributed by atoms with Gasteiger partial charge in [-0.2, -0.15) is 0 Å². The van der Waals surface area contributed by atoms with Crippen LogP contribution in [0.5, 0.6) is 5.75 Å². The fourth-order valence-electron chi connectivity index (χ4n) is 2.73. The third-order valence-corrected chi connectivity index (χ3v) is 4.02. The van der Waals surface area contributed by atoms with E-state index in [1.807, 2.05) is 18.2 Å². The van der Waals surface area contributed by atoms with E-state index in [4.69, 9.17) is 4.74 Å². The van der Waals surface area contributed by atoms with Gasteiger partial charge in [0.05, 0.1) is 7.11 Å². The fourth-order valence-corrected chi connectivity index (χ4v) is 2.73. The van der Waals surface area contributed by atoms with Gasteiger partial charge in [0.15, 0.2) is 0 Å². The molecule has 0 bridgehead atoms. The zero-order valence-corrected chi connectivity index (χ0v) is 13.4. The lowest BCUT2D eigenvalue weighted by Crippen LogP contribution is -2.57. The molecule has 0 radical (unpaired) electrons. The Morgan fingerprint density at radius 3 is 2.71 bits per heavy atom. The molecule has 6 heteroatoms. The number of rotatable bonds is 5. The Hall–Kier alpha value is -2.89. The Labute approximate surface area is 140 Å². The van der Waals surface area contributed by atoms with Crippen molar-refractivity contribution in [3.05, 3.63) is 59.9 Å². The van der Waals surface area contributed by atoms with Gasteiger partial charge in [-0.3, -0.25) is 14.6 Å². The molecule has 24 heavy (non-hydrogen) atoms. The minimum atomic E-state index is -0.696. The summed E-state index contributed by atoms with van der Waals surface area (Å²) in [6, 6.07) is 11.5. The molecule has 1 aliphatic heterocycles. The number of ether oxygens (including phenoxy) is 1. The minimum Gasteiger partial charge on any atom is -0.497 e. The number of methoxy groups -OCH3 is 1. The van der Waals surface area contributed by atoms with Gasteiger partial charge in [0, 0.05) is 11.9 Å². The van der Waals surface area contributed by atoms with Crippen LogP contribution in [0.1, 0.15) is 23.7 Å². The smallest absolute Gasteiger partial charge is 0.247 e. The second kappa shape index (κ2) is 7.12. The number of aryl methyl sites for hydroxylation is 1. The van der Waals surface area contributed by atoms with Gasteiger partial charge >= 0.3 is 0 Å². The molecular weight excluding hydrogens is 306 g/mol. The Bertz CT molecular complexity index is 733. The van der Waals surface area contributed by atoms with Crippen molar-refractivity contribution in [3.8, 4) is 5.75 Å². The van der Waals surface area contributed by atoms with Crippen molar-refractivity contribution in [2.75, 3.05) is 7.11 Å². The molecule has 2 atom stereocenters. The van der Waals surface area contributed by atoms with Crippen molar-refractivity contribution in [1.82, 2.24) is 15.6 Å². The molecular formula is C18H19N3O3. The summed E-state index contributed by atoms with van der Waals surface area (Å²) in [5.74, 6) is 0.249. The molecule has 124 valence electrons. The van der Waals surface area contributed by atoms with Crippen LogP contribution in [0.3, 0.4) is 0 Å². The van der Waals surface area contributed by atoms with Crippen molar-refractivity contribution in [2.45, 2.75) is 24.9 Å².